The van der Waals surface area contributed by atoms with E-state index in [-0.39, 0.29) is 160 Å². The van der Waals surface area contributed by atoms with E-state index in [1.54, 1.807) is 0 Å². The first kappa shape index (κ1) is 61.1. The fraction of sp³-hybridized carbons (Fsp3) is 0.667. The van der Waals surface area contributed by atoms with Gasteiger partial charge in [0.25, 0.3) is 0 Å². The van der Waals surface area contributed by atoms with Gasteiger partial charge >= 0.3 is 0 Å². The Kier molecular flexibility index (Phi) is 604. The Morgan fingerprint density at radius 1 is 0.700 bits per heavy atom. The van der Waals surface area contributed by atoms with Gasteiger partial charge in [-0.2, -0.15) is 0 Å². The molecular weight excluding hydrogens is 287 g/mol. The molecule has 7 heteroatoms. The molecule has 0 amide bonds. The monoisotopic (exact) mass is 303 g/mol. The van der Waals surface area contributed by atoms with Gasteiger partial charge in [0.15, 0.2) is 0 Å². The second-order valence-electron chi connectivity index (χ2n) is 0. The standard InChI is InChI=1S/2CH5N.CH3.3Ar.H3N.Y/c2*1-2;;;;;;/h2*2H2,1H3;1H3;;;;1H3;/q;;-1;;;;;. The smallest absolute Gasteiger partial charge is 0 e. The summed E-state index contributed by atoms with van der Waals surface area (Å²) in [6.45, 7) is 0. The zero-order chi connectivity index (χ0) is 4.00. The third-order valence-corrected chi connectivity index (χ3v) is 0. The number of hydrogen-bond acceptors (Lipinski definition) is 3. The number of rotatable bonds is 0. The van der Waals surface area contributed by atoms with E-state index in [9.17, 15) is 0 Å². The first-order valence-electron chi connectivity index (χ1n) is 1.15. The minimum Gasteiger partial charge on any atom is -0.358 e. The molecule has 0 aromatic carbocycles. The van der Waals surface area contributed by atoms with Crippen molar-refractivity contribution in [3.63, 3.8) is 0 Å². The van der Waals surface area contributed by atoms with Crippen molar-refractivity contribution in [1.29, 1.82) is 0 Å². The maximum absolute atomic E-state index is 4.50. The van der Waals surface area contributed by atoms with Crippen LogP contribution in [-0.4, -0.2) is 14.1 Å². The average molecular weight is 303 g/mol. The second-order valence-corrected chi connectivity index (χ2v) is 0. The van der Waals surface area contributed by atoms with E-state index in [4.69, 9.17) is 0 Å². The van der Waals surface area contributed by atoms with Crippen LogP contribution in [0.4, 0.5) is 0 Å². The molecule has 0 heterocycles. The van der Waals surface area contributed by atoms with Crippen molar-refractivity contribution in [2.24, 2.45) is 11.5 Å². The van der Waals surface area contributed by atoms with Crippen LogP contribution in [0.1, 0.15) is 0 Å². The number of nitrogens with two attached hydrogens (primary N) is 2. The first-order valence-corrected chi connectivity index (χ1v) is 1.15. The Morgan fingerprint density at radius 3 is 0.700 bits per heavy atom. The minimum absolute atomic E-state index is 0. The van der Waals surface area contributed by atoms with Crippen LogP contribution >= 0.6 is 0 Å². The predicted octanol–water partition coefficient (Wildman–Crippen LogP) is -0.240. The Labute approximate surface area is 180 Å². The molecule has 0 spiro atoms. The molecule has 0 saturated heterocycles. The van der Waals surface area contributed by atoms with Gasteiger partial charge in [-0.15, -0.1) is 0 Å². The predicted molar refractivity (Wildman–Crippen MR) is 31.7 cm³/mol. The summed E-state index contributed by atoms with van der Waals surface area (Å²) in [7, 11) is 3.00. The molecule has 0 rings (SSSR count). The van der Waals surface area contributed by atoms with E-state index in [0.717, 1.165) is 0 Å². The van der Waals surface area contributed by atoms with Crippen molar-refractivity contribution < 1.29 is 146 Å². The van der Waals surface area contributed by atoms with Crippen molar-refractivity contribution in [2.75, 3.05) is 14.1 Å². The fourth-order valence-electron chi connectivity index (χ4n) is 0. The SMILES string of the molecule is CN.CN.N.[Ar].[Ar].[Ar].[CH3-].[Y]. The van der Waals surface area contributed by atoms with Crippen LogP contribution in [0.5, 0.6) is 0 Å². The van der Waals surface area contributed by atoms with Crippen molar-refractivity contribution in [3.05, 3.63) is 7.43 Å². The van der Waals surface area contributed by atoms with Gasteiger partial charge in [-0.1, -0.05) is 0 Å². The van der Waals surface area contributed by atoms with Crippen LogP contribution in [0.2, 0.25) is 0 Å². The molecule has 0 aromatic rings. The van der Waals surface area contributed by atoms with Gasteiger partial charge in [0.05, 0.1) is 0 Å². The fourth-order valence-corrected chi connectivity index (χ4v) is 0. The van der Waals surface area contributed by atoms with E-state index in [0.29, 0.717) is 0 Å². The maximum Gasteiger partial charge on any atom is 0 e. The summed E-state index contributed by atoms with van der Waals surface area (Å²) in [6, 6.07) is 0. The summed E-state index contributed by atoms with van der Waals surface area (Å²) in [5, 5.41) is 0. The Balaban J connectivity index is -0.000000000833. The van der Waals surface area contributed by atoms with Gasteiger partial charge < -0.3 is 25.0 Å². The molecule has 71 valence electrons. The topological polar surface area (TPSA) is 87.0 Å². The zero-order valence-corrected chi connectivity index (χ0v) is 11.5. The van der Waals surface area contributed by atoms with Gasteiger partial charge in [-0.25, -0.2) is 0 Å². The summed E-state index contributed by atoms with van der Waals surface area (Å²) in [5.41, 5.74) is 9.00. The average Bonchev–Trinajstić information content (AvgIpc) is 1.50. The molecular formula is C3H16Ar3N3Y-. The van der Waals surface area contributed by atoms with Gasteiger partial charge in [-0.3, -0.25) is 0 Å². The molecule has 0 aliphatic rings. The van der Waals surface area contributed by atoms with Crippen LogP contribution in [-0.2, 0) is 32.7 Å². The second kappa shape index (κ2) is 98.8. The quantitative estimate of drug-likeness (QED) is 0.540. The van der Waals surface area contributed by atoms with Crippen molar-refractivity contribution in [1.82, 2.24) is 6.15 Å². The minimum atomic E-state index is 0. The van der Waals surface area contributed by atoms with Crippen molar-refractivity contribution >= 4 is 0 Å². The van der Waals surface area contributed by atoms with Gasteiger partial charge in [0.2, 0.25) is 0 Å². The van der Waals surface area contributed by atoms with Crippen LogP contribution in [0.15, 0.2) is 0 Å². The molecule has 0 aliphatic carbocycles. The third kappa shape index (κ3) is 77.8. The molecule has 0 atom stereocenters. The van der Waals surface area contributed by atoms with Gasteiger partial charge in [0.1, 0.15) is 0 Å². The summed E-state index contributed by atoms with van der Waals surface area (Å²) in [6.07, 6.45) is 0. The molecule has 0 saturated carbocycles. The molecule has 0 unspecified atom stereocenters. The zero-order valence-electron chi connectivity index (χ0n) is 6.50. The van der Waals surface area contributed by atoms with Gasteiger partial charge in [-0.05, 0) is 14.1 Å². The summed E-state index contributed by atoms with van der Waals surface area (Å²) in [5.74, 6) is 0. The Hall–Kier alpha value is 4.76. The molecule has 0 aliphatic heterocycles. The van der Waals surface area contributed by atoms with E-state index in [2.05, 4.69) is 11.5 Å². The molecule has 3 nitrogen and oxygen atoms in total. The van der Waals surface area contributed by atoms with Crippen molar-refractivity contribution in [2.45, 2.75) is 0 Å². The molecule has 1 radical (unpaired) electrons. The Morgan fingerprint density at radius 2 is 0.700 bits per heavy atom. The summed E-state index contributed by atoms with van der Waals surface area (Å²) >= 11 is 0. The molecule has 0 bridgehead atoms. The van der Waals surface area contributed by atoms with Crippen LogP contribution in [0.3, 0.4) is 0 Å². The molecule has 0 aromatic heterocycles. The van der Waals surface area contributed by atoms with Crippen molar-refractivity contribution in [3.8, 4) is 0 Å². The third-order valence-electron chi connectivity index (χ3n) is 0. The first-order chi connectivity index (χ1) is 2.00. The number of hydrogen-bond donors (Lipinski definition) is 3. The molecule has 7 N–H and O–H groups in total. The molecule has 10 heavy (non-hydrogen) atoms. The largest absolute Gasteiger partial charge is 0.358 e. The van der Waals surface area contributed by atoms with E-state index < -0.39 is 0 Å². The van der Waals surface area contributed by atoms with Gasteiger partial charge in [0, 0.05) is 146 Å². The van der Waals surface area contributed by atoms with Crippen LogP contribution < -0.4 is 17.6 Å². The van der Waals surface area contributed by atoms with E-state index >= 15 is 0 Å². The Bertz CT molecular complexity index is 19.0. The van der Waals surface area contributed by atoms with Crippen LogP contribution in [0, 0.1) is 121 Å². The maximum atomic E-state index is 4.50. The summed E-state index contributed by atoms with van der Waals surface area (Å²) in [4.78, 5) is 0. The molecule has 0 fully saturated rings. The van der Waals surface area contributed by atoms with Crippen LogP contribution in [0.25, 0.3) is 0 Å². The van der Waals surface area contributed by atoms with E-state index in [1.165, 1.54) is 14.1 Å². The normalized spacial score (nSPS) is 1.20. The summed E-state index contributed by atoms with van der Waals surface area (Å²) < 4.78 is 0. The van der Waals surface area contributed by atoms with E-state index in [1.807, 2.05) is 0 Å².